The van der Waals surface area contributed by atoms with Crippen LogP contribution >= 0.6 is 24.0 Å². The van der Waals surface area contributed by atoms with Crippen molar-refractivity contribution in [1.82, 2.24) is 15.5 Å². The molecule has 0 spiro atoms. The van der Waals surface area contributed by atoms with E-state index >= 15 is 0 Å². The van der Waals surface area contributed by atoms with Crippen LogP contribution in [0, 0.1) is 5.92 Å². The van der Waals surface area contributed by atoms with Crippen LogP contribution in [0.15, 0.2) is 4.99 Å². The normalized spacial score (nSPS) is 13.4. The zero-order valence-electron chi connectivity index (χ0n) is 13.5. The smallest absolute Gasteiger partial charge is 0.191 e. The zero-order valence-corrected chi connectivity index (χ0v) is 15.8. The molecule has 0 aromatic carbocycles. The van der Waals surface area contributed by atoms with E-state index in [1.165, 1.54) is 6.42 Å². The molecule has 0 bridgehead atoms. The van der Waals surface area contributed by atoms with Crippen LogP contribution < -0.4 is 10.6 Å². The summed E-state index contributed by atoms with van der Waals surface area (Å²) in [5.41, 5.74) is 0. The van der Waals surface area contributed by atoms with Gasteiger partial charge in [-0.1, -0.05) is 27.7 Å². The maximum Gasteiger partial charge on any atom is 0.191 e. The average molecular weight is 384 g/mol. The molecule has 5 heteroatoms. The minimum absolute atomic E-state index is 0. The zero-order chi connectivity index (χ0) is 14.0. The Bertz CT molecular complexity index is 227. The molecule has 0 radical (unpaired) electrons. The van der Waals surface area contributed by atoms with Gasteiger partial charge in [-0.3, -0.25) is 9.89 Å². The van der Waals surface area contributed by atoms with E-state index in [0.717, 1.165) is 38.1 Å². The van der Waals surface area contributed by atoms with Gasteiger partial charge in [-0.05, 0) is 32.4 Å². The highest BCUT2D eigenvalue weighted by Gasteiger charge is 2.10. The van der Waals surface area contributed by atoms with Crippen LogP contribution in [0.2, 0.25) is 0 Å². The molecule has 0 aliphatic heterocycles. The molecular formula is C14H33IN4. The minimum atomic E-state index is 0. The number of hydrogen-bond donors (Lipinski definition) is 2. The van der Waals surface area contributed by atoms with Crippen LogP contribution in [0.3, 0.4) is 0 Å². The van der Waals surface area contributed by atoms with E-state index in [-0.39, 0.29) is 24.0 Å². The third-order valence-electron chi connectivity index (χ3n) is 3.24. The molecule has 0 aromatic rings. The van der Waals surface area contributed by atoms with Crippen LogP contribution in [0.1, 0.15) is 41.0 Å². The molecule has 0 saturated heterocycles. The molecule has 0 rings (SSSR count). The van der Waals surface area contributed by atoms with Crippen molar-refractivity contribution in [2.75, 3.05) is 33.2 Å². The monoisotopic (exact) mass is 384 g/mol. The molecule has 1 atom stereocenters. The van der Waals surface area contributed by atoms with Crippen molar-refractivity contribution in [2.45, 2.75) is 47.1 Å². The maximum atomic E-state index is 4.24. The highest BCUT2D eigenvalue weighted by molar-refractivity contribution is 14.0. The van der Waals surface area contributed by atoms with Crippen molar-refractivity contribution in [3.8, 4) is 0 Å². The van der Waals surface area contributed by atoms with Crippen LogP contribution in [0.4, 0.5) is 0 Å². The molecule has 0 fully saturated rings. The summed E-state index contributed by atoms with van der Waals surface area (Å²) in [5, 5.41) is 6.74. The molecule has 0 heterocycles. The molecule has 0 aliphatic rings. The SMILES string of the molecule is CCN(CC)C(C)CNC(=NC)NCCC(C)C.I. The fourth-order valence-corrected chi connectivity index (χ4v) is 1.92. The van der Waals surface area contributed by atoms with Gasteiger partial charge in [0.15, 0.2) is 5.96 Å². The second kappa shape index (κ2) is 13.0. The van der Waals surface area contributed by atoms with Crippen molar-refractivity contribution in [3.63, 3.8) is 0 Å². The molecule has 1 unspecified atom stereocenters. The molecular weight excluding hydrogens is 351 g/mol. The first-order chi connectivity index (χ1) is 8.54. The Hall–Kier alpha value is -0.0400. The fourth-order valence-electron chi connectivity index (χ4n) is 1.92. The summed E-state index contributed by atoms with van der Waals surface area (Å²) in [5.74, 6) is 1.64. The molecule has 0 aliphatic carbocycles. The quantitative estimate of drug-likeness (QED) is 0.384. The molecule has 0 saturated carbocycles. The average Bonchev–Trinajstić information content (AvgIpc) is 2.34. The summed E-state index contributed by atoms with van der Waals surface area (Å²) >= 11 is 0. The van der Waals surface area contributed by atoms with Gasteiger partial charge in [0, 0.05) is 26.2 Å². The van der Waals surface area contributed by atoms with E-state index < -0.39 is 0 Å². The molecule has 116 valence electrons. The van der Waals surface area contributed by atoms with Gasteiger partial charge < -0.3 is 10.6 Å². The number of aliphatic imine (C=N–C) groups is 1. The third-order valence-corrected chi connectivity index (χ3v) is 3.24. The summed E-state index contributed by atoms with van der Waals surface area (Å²) < 4.78 is 0. The number of rotatable bonds is 8. The number of nitrogens with one attached hydrogen (secondary N) is 2. The van der Waals surface area contributed by atoms with E-state index in [0.29, 0.717) is 6.04 Å². The second-order valence-corrected chi connectivity index (χ2v) is 5.13. The summed E-state index contributed by atoms with van der Waals surface area (Å²) in [6.07, 6.45) is 1.17. The first-order valence-electron chi connectivity index (χ1n) is 7.23. The predicted molar refractivity (Wildman–Crippen MR) is 96.6 cm³/mol. The molecule has 4 nitrogen and oxygen atoms in total. The van der Waals surface area contributed by atoms with Gasteiger partial charge in [0.1, 0.15) is 0 Å². The lowest BCUT2D eigenvalue weighted by atomic mass is 10.1. The van der Waals surface area contributed by atoms with Gasteiger partial charge in [-0.2, -0.15) is 0 Å². The molecule has 0 aromatic heterocycles. The number of guanidine groups is 1. The largest absolute Gasteiger partial charge is 0.356 e. The maximum absolute atomic E-state index is 4.24. The van der Waals surface area contributed by atoms with E-state index in [1.807, 2.05) is 7.05 Å². The van der Waals surface area contributed by atoms with Gasteiger partial charge in [-0.25, -0.2) is 0 Å². The van der Waals surface area contributed by atoms with E-state index in [2.05, 4.69) is 55.1 Å². The Morgan fingerprint density at radius 1 is 1.11 bits per heavy atom. The number of halogens is 1. The van der Waals surface area contributed by atoms with E-state index in [9.17, 15) is 0 Å². The third kappa shape index (κ3) is 10.4. The van der Waals surface area contributed by atoms with Crippen molar-refractivity contribution in [1.29, 1.82) is 0 Å². The molecule has 19 heavy (non-hydrogen) atoms. The number of hydrogen-bond acceptors (Lipinski definition) is 2. The summed E-state index contributed by atoms with van der Waals surface area (Å²) in [4.78, 5) is 6.68. The molecule has 2 N–H and O–H groups in total. The standard InChI is InChI=1S/C14H32N4.HI/c1-7-18(8-2)13(5)11-17-14(15-6)16-10-9-12(3)4;/h12-13H,7-11H2,1-6H3,(H2,15,16,17);1H. The highest BCUT2D eigenvalue weighted by atomic mass is 127. The van der Waals surface area contributed by atoms with E-state index in [4.69, 9.17) is 0 Å². The van der Waals surface area contributed by atoms with E-state index in [1.54, 1.807) is 0 Å². The Balaban J connectivity index is 0. The number of nitrogens with zero attached hydrogens (tertiary/aromatic N) is 2. The fraction of sp³-hybridized carbons (Fsp3) is 0.929. The van der Waals surface area contributed by atoms with Crippen molar-refractivity contribution < 1.29 is 0 Å². The number of likely N-dealkylation sites (N-methyl/N-ethyl adjacent to an activating group) is 1. The van der Waals surface area contributed by atoms with Gasteiger partial charge in [0.25, 0.3) is 0 Å². The first kappa shape index (κ1) is 21.3. The van der Waals surface area contributed by atoms with Gasteiger partial charge in [0.2, 0.25) is 0 Å². The summed E-state index contributed by atoms with van der Waals surface area (Å²) in [6.45, 7) is 15.2. The van der Waals surface area contributed by atoms with Crippen LogP contribution in [0.25, 0.3) is 0 Å². The lowest BCUT2D eigenvalue weighted by Gasteiger charge is -2.27. The van der Waals surface area contributed by atoms with Gasteiger partial charge >= 0.3 is 0 Å². The second-order valence-electron chi connectivity index (χ2n) is 5.13. The summed E-state index contributed by atoms with van der Waals surface area (Å²) in [6, 6.07) is 0.531. The van der Waals surface area contributed by atoms with Crippen molar-refractivity contribution in [3.05, 3.63) is 0 Å². The van der Waals surface area contributed by atoms with Crippen molar-refractivity contribution in [2.24, 2.45) is 10.9 Å². The van der Waals surface area contributed by atoms with Gasteiger partial charge in [-0.15, -0.1) is 24.0 Å². The van der Waals surface area contributed by atoms with Gasteiger partial charge in [0.05, 0.1) is 0 Å². The Morgan fingerprint density at radius 3 is 2.11 bits per heavy atom. The Morgan fingerprint density at radius 2 is 1.68 bits per heavy atom. The molecule has 0 amide bonds. The lowest BCUT2D eigenvalue weighted by Crippen LogP contribution is -2.46. The van der Waals surface area contributed by atoms with Crippen LogP contribution in [0.5, 0.6) is 0 Å². The first-order valence-corrected chi connectivity index (χ1v) is 7.23. The summed E-state index contributed by atoms with van der Waals surface area (Å²) in [7, 11) is 1.83. The van der Waals surface area contributed by atoms with Crippen LogP contribution in [-0.2, 0) is 0 Å². The lowest BCUT2D eigenvalue weighted by molar-refractivity contribution is 0.231. The van der Waals surface area contributed by atoms with Crippen LogP contribution in [-0.4, -0.2) is 50.1 Å². The Labute approximate surface area is 136 Å². The van der Waals surface area contributed by atoms with Crippen molar-refractivity contribution >= 4 is 29.9 Å². The topological polar surface area (TPSA) is 39.7 Å². The Kier molecular flexibility index (Phi) is 14.5. The predicted octanol–water partition coefficient (Wildman–Crippen LogP) is 2.55. The minimum Gasteiger partial charge on any atom is -0.356 e. The highest BCUT2D eigenvalue weighted by Crippen LogP contribution is 1.97.